The fourth-order valence-electron chi connectivity index (χ4n) is 2.70. The molecule has 0 saturated heterocycles. The molecular weight excluding hydrogens is 262 g/mol. The van der Waals surface area contributed by atoms with Crippen molar-refractivity contribution in [1.82, 2.24) is 4.98 Å². The molecule has 4 nitrogen and oxygen atoms in total. The number of pyridine rings is 1. The molecule has 21 heavy (non-hydrogen) atoms. The molecule has 1 unspecified atom stereocenters. The molecule has 0 amide bonds. The average molecular weight is 281 g/mol. The molecule has 2 aromatic rings. The quantitative estimate of drug-likeness (QED) is 0.668. The average Bonchev–Trinajstić information content (AvgIpc) is 2.94. The Kier molecular flexibility index (Phi) is 3.60. The summed E-state index contributed by atoms with van der Waals surface area (Å²) in [6, 6.07) is 11.9. The maximum atomic E-state index is 7.75. The Morgan fingerprint density at radius 2 is 2.05 bits per heavy atom. The number of hydrogen-bond donors (Lipinski definition) is 2. The largest absolute Gasteiger partial charge is 0.469 e. The van der Waals surface area contributed by atoms with Gasteiger partial charge in [-0.15, -0.1) is 0 Å². The fourth-order valence-corrected chi connectivity index (χ4v) is 2.70. The van der Waals surface area contributed by atoms with Gasteiger partial charge >= 0.3 is 0 Å². The third kappa shape index (κ3) is 2.75. The first-order valence-corrected chi connectivity index (χ1v) is 7.24. The van der Waals surface area contributed by atoms with Crippen LogP contribution < -0.4 is 10.5 Å². The van der Waals surface area contributed by atoms with E-state index in [4.69, 9.17) is 15.9 Å². The molecule has 1 aromatic heterocycles. The summed E-state index contributed by atoms with van der Waals surface area (Å²) < 4.78 is 5.99. The lowest BCUT2D eigenvalue weighted by atomic mass is 10.1. The summed E-state index contributed by atoms with van der Waals surface area (Å²) in [4.78, 5) is 4.60. The van der Waals surface area contributed by atoms with Crippen molar-refractivity contribution in [3.63, 3.8) is 0 Å². The van der Waals surface area contributed by atoms with Gasteiger partial charge in [-0.1, -0.05) is 30.3 Å². The van der Waals surface area contributed by atoms with E-state index in [-0.39, 0.29) is 11.9 Å². The Balaban J connectivity index is 1.93. The van der Waals surface area contributed by atoms with E-state index in [0.29, 0.717) is 11.4 Å². The minimum Gasteiger partial charge on any atom is -0.469 e. The summed E-state index contributed by atoms with van der Waals surface area (Å²) in [7, 11) is 0. The molecule has 1 aromatic carbocycles. The lowest BCUT2D eigenvalue weighted by Gasteiger charge is -2.17. The summed E-state index contributed by atoms with van der Waals surface area (Å²) in [5.41, 5.74) is 9.63. The third-order valence-electron chi connectivity index (χ3n) is 3.86. The van der Waals surface area contributed by atoms with E-state index >= 15 is 0 Å². The van der Waals surface area contributed by atoms with Crippen LogP contribution in [0, 0.1) is 5.41 Å². The predicted molar refractivity (Wildman–Crippen MR) is 82.8 cm³/mol. The van der Waals surface area contributed by atoms with Crippen LogP contribution in [0.2, 0.25) is 0 Å². The van der Waals surface area contributed by atoms with Crippen molar-refractivity contribution in [1.29, 1.82) is 5.41 Å². The fraction of sp³-hybridized carbons (Fsp3) is 0.294. The van der Waals surface area contributed by atoms with Crippen LogP contribution in [-0.4, -0.2) is 10.8 Å². The second kappa shape index (κ2) is 5.56. The lowest BCUT2D eigenvalue weighted by molar-refractivity contribution is 0.216. The molecule has 108 valence electrons. The number of hydrogen-bond acceptors (Lipinski definition) is 3. The Labute approximate surface area is 124 Å². The summed E-state index contributed by atoms with van der Waals surface area (Å²) >= 11 is 0. The van der Waals surface area contributed by atoms with Crippen molar-refractivity contribution in [2.75, 3.05) is 0 Å². The molecule has 0 fully saturated rings. The second-order valence-electron chi connectivity index (χ2n) is 5.38. The smallest absolute Gasteiger partial charge is 0.225 e. The van der Waals surface area contributed by atoms with Gasteiger partial charge in [0.2, 0.25) is 5.88 Å². The summed E-state index contributed by atoms with van der Waals surface area (Å²) in [5.74, 6) is 0.479. The number of amidine groups is 1. The molecule has 3 rings (SSSR count). The zero-order valence-corrected chi connectivity index (χ0v) is 12.1. The third-order valence-corrected chi connectivity index (χ3v) is 3.86. The first kappa shape index (κ1) is 13.6. The molecule has 0 saturated carbocycles. The number of aryl methyl sites for hydroxylation is 2. The molecule has 0 spiro atoms. The van der Waals surface area contributed by atoms with Crippen LogP contribution in [0.3, 0.4) is 0 Å². The lowest BCUT2D eigenvalue weighted by Crippen LogP contribution is -2.16. The van der Waals surface area contributed by atoms with Crippen LogP contribution in [-0.2, 0) is 12.8 Å². The summed E-state index contributed by atoms with van der Waals surface area (Å²) in [6.07, 6.45) is 2.97. The molecule has 0 radical (unpaired) electrons. The molecule has 1 heterocycles. The van der Waals surface area contributed by atoms with E-state index in [1.165, 1.54) is 5.56 Å². The number of ether oxygens (including phenoxy) is 1. The highest BCUT2D eigenvalue weighted by Crippen LogP contribution is 2.29. The summed E-state index contributed by atoms with van der Waals surface area (Å²) in [5, 5.41) is 7.75. The number of nitrogens with two attached hydrogens (primary N) is 1. The van der Waals surface area contributed by atoms with Crippen LogP contribution >= 0.6 is 0 Å². The molecular formula is C17H19N3O. The Bertz CT molecular complexity index is 667. The number of nitrogens with zero attached hydrogens (tertiary/aromatic N) is 1. The monoisotopic (exact) mass is 281 g/mol. The Morgan fingerprint density at radius 1 is 1.29 bits per heavy atom. The van der Waals surface area contributed by atoms with Gasteiger partial charge < -0.3 is 10.5 Å². The molecule has 1 atom stereocenters. The number of benzene rings is 1. The molecule has 1 aliphatic rings. The van der Waals surface area contributed by atoms with Gasteiger partial charge in [0.05, 0.1) is 5.56 Å². The first-order chi connectivity index (χ1) is 10.1. The highest BCUT2D eigenvalue weighted by molar-refractivity contribution is 5.97. The van der Waals surface area contributed by atoms with Gasteiger partial charge in [-0.3, -0.25) is 5.41 Å². The van der Waals surface area contributed by atoms with Gasteiger partial charge in [-0.25, -0.2) is 4.98 Å². The van der Waals surface area contributed by atoms with E-state index in [1.54, 1.807) is 0 Å². The number of aromatic nitrogens is 1. The van der Waals surface area contributed by atoms with Crippen LogP contribution in [0.25, 0.3) is 0 Å². The molecule has 0 bridgehead atoms. The van der Waals surface area contributed by atoms with Gasteiger partial charge in [0.25, 0.3) is 0 Å². The number of nitrogen functional groups attached to an aromatic ring is 1. The van der Waals surface area contributed by atoms with Crippen LogP contribution in [0.15, 0.2) is 36.4 Å². The van der Waals surface area contributed by atoms with E-state index in [0.717, 1.165) is 30.5 Å². The maximum Gasteiger partial charge on any atom is 0.225 e. The highest BCUT2D eigenvalue weighted by atomic mass is 16.5. The summed E-state index contributed by atoms with van der Waals surface area (Å²) in [6.45, 7) is 1.98. The van der Waals surface area contributed by atoms with E-state index in [2.05, 4.69) is 4.98 Å². The van der Waals surface area contributed by atoms with Crippen molar-refractivity contribution < 1.29 is 4.74 Å². The molecule has 3 N–H and O–H groups in total. The molecule has 4 heteroatoms. The number of nitrogens with one attached hydrogen (secondary N) is 1. The number of fused-ring (bicyclic) bond motifs is 1. The van der Waals surface area contributed by atoms with Gasteiger partial charge in [-0.05, 0) is 43.4 Å². The van der Waals surface area contributed by atoms with Crippen LogP contribution in [0.1, 0.15) is 41.8 Å². The van der Waals surface area contributed by atoms with Crippen molar-refractivity contribution in [2.45, 2.75) is 32.3 Å². The topological polar surface area (TPSA) is 72.0 Å². The van der Waals surface area contributed by atoms with Gasteiger partial charge in [0, 0.05) is 5.69 Å². The van der Waals surface area contributed by atoms with E-state index in [9.17, 15) is 0 Å². The second-order valence-corrected chi connectivity index (χ2v) is 5.38. The normalized spacial score (nSPS) is 14.5. The standard InChI is InChI=1S/C17H19N3O/c1-11(12-6-3-2-4-7-12)21-17-14(16(18)19)10-13-8-5-9-15(13)20-17/h2-4,6-7,10-11H,5,8-9H2,1H3,(H3,18,19). The van der Waals surface area contributed by atoms with Crippen LogP contribution in [0.5, 0.6) is 5.88 Å². The number of rotatable bonds is 4. The van der Waals surface area contributed by atoms with Crippen molar-refractivity contribution in [3.8, 4) is 5.88 Å². The molecule has 1 aliphatic carbocycles. The highest BCUT2D eigenvalue weighted by Gasteiger charge is 2.20. The minimum absolute atomic E-state index is 0.00691. The first-order valence-electron chi connectivity index (χ1n) is 7.24. The van der Waals surface area contributed by atoms with E-state index < -0.39 is 0 Å². The predicted octanol–water partition coefficient (Wildman–Crippen LogP) is 2.99. The Morgan fingerprint density at radius 3 is 2.76 bits per heavy atom. The van der Waals surface area contributed by atoms with Crippen molar-refractivity contribution in [2.24, 2.45) is 5.73 Å². The maximum absolute atomic E-state index is 7.75. The Hall–Kier alpha value is -2.36. The SMILES string of the molecule is CC(Oc1nc2c(cc1C(=N)N)CCC2)c1ccccc1. The zero-order valence-electron chi connectivity index (χ0n) is 12.1. The van der Waals surface area contributed by atoms with Crippen molar-refractivity contribution in [3.05, 3.63) is 58.8 Å². The van der Waals surface area contributed by atoms with E-state index in [1.807, 2.05) is 43.3 Å². The van der Waals surface area contributed by atoms with Crippen LogP contribution in [0.4, 0.5) is 0 Å². The minimum atomic E-state index is -0.128. The van der Waals surface area contributed by atoms with Gasteiger partial charge in [-0.2, -0.15) is 0 Å². The van der Waals surface area contributed by atoms with Gasteiger partial charge in [0.15, 0.2) is 0 Å². The molecule has 0 aliphatic heterocycles. The van der Waals surface area contributed by atoms with Gasteiger partial charge in [0.1, 0.15) is 11.9 Å². The van der Waals surface area contributed by atoms with Crippen molar-refractivity contribution >= 4 is 5.84 Å². The zero-order chi connectivity index (χ0) is 14.8.